The molecule has 0 aliphatic rings. The predicted octanol–water partition coefficient (Wildman–Crippen LogP) is 2.82. The quantitative estimate of drug-likeness (QED) is 0.746. The predicted molar refractivity (Wildman–Crippen MR) is 76.1 cm³/mol. The van der Waals surface area contributed by atoms with E-state index in [1.165, 1.54) is 0 Å². The van der Waals surface area contributed by atoms with E-state index in [1.54, 1.807) is 0 Å². The summed E-state index contributed by atoms with van der Waals surface area (Å²) in [6.45, 7) is 3.93. The second-order valence-electron chi connectivity index (χ2n) is 4.56. The third-order valence-electron chi connectivity index (χ3n) is 2.79. The van der Waals surface area contributed by atoms with Gasteiger partial charge in [0.15, 0.2) is 0 Å². The Bertz CT molecular complexity index is 423. The first-order chi connectivity index (χ1) is 8.99. The van der Waals surface area contributed by atoms with E-state index in [0.29, 0.717) is 13.2 Å². The topological polar surface area (TPSA) is 49.8 Å². The van der Waals surface area contributed by atoms with Crippen LogP contribution in [0.5, 0.6) is 5.75 Å². The normalized spacial score (nSPS) is 10.7. The van der Waals surface area contributed by atoms with Gasteiger partial charge in [0.2, 0.25) is 0 Å². The van der Waals surface area contributed by atoms with E-state index in [0.717, 1.165) is 29.3 Å². The lowest BCUT2D eigenvalue weighted by Crippen LogP contribution is -2.24. The van der Waals surface area contributed by atoms with Gasteiger partial charge in [0.25, 0.3) is 0 Å². The summed E-state index contributed by atoms with van der Waals surface area (Å²) in [4.78, 5) is 12.4. The number of hydrogen-bond acceptors (Lipinski definition) is 3. The Kier molecular flexibility index (Phi) is 6.67. The van der Waals surface area contributed by atoms with Crippen LogP contribution in [0.2, 0.25) is 5.02 Å². The van der Waals surface area contributed by atoms with Crippen molar-refractivity contribution in [3.05, 3.63) is 28.8 Å². The second kappa shape index (κ2) is 8.02. The van der Waals surface area contributed by atoms with E-state index in [1.807, 2.05) is 37.1 Å². The van der Waals surface area contributed by atoms with Gasteiger partial charge in [0.1, 0.15) is 5.75 Å². The molecule has 0 amide bonds. The van der Waals surface area contributed by atoms with Crippen LogP contribution in [-0.4, -0.2) is 42.7 Å². The Labute approximate surface area is 118 Å². The molecule has 5 heteroatoms. The van der Waals surface area contributed by atoms with E-state index in [4.69, 9.17) is 21.4 Å². The SMILES string of the molecule is Cc1cc(OCCCN(C)CCC(=O)O)ccc1Cl. The van der Waals surface area contributed by atoms with Crippen molar-refractivity contribution in [1.29, 1.82) is 0 Å². The maximum atomic E-state index is 10.4. The monoisotopic (exact) mass is 285 g/mol. The van der Waals surface area contributed by atoms with Crippen molar-refractivity contribution in [3.8, 4) is 5.75 Å². The van der Waals surface area contributed by atoms with Crippen molar-refractivity contribution in [2.45, 2.75) is 19.8 Å². The zero-order valence-electron chi connectivity index (χ0n) is 11.4. The Morgan fingerprint density at radius 3 is 2.79 bits per heavy atom. The number of aliphatic carboxylic acids is 1. The number of nitrogens with zero attached hydrogens (tertiary/aromatic N) is 1. The largest absolute Gasteiger partial charge is 0.494 e. The first-order valence-electron chi connectivity index (χ1n) is 6.28. The van der Waals surface area contributed by atoms with Gasteiger partial charge in [-0.15, -0.1) is 0 Å². The number of carbonyl (C=O) groups is 1. The number of carboxylic acids is 1. The molecule has 0 saturated heterocycles. The first-order valence-corrected chi connectivity index (χ1v) is 6.66. The molecular formula is C14H20ClNO3. The van der Waals surface area contributed by atoms with Gasteiger partial charge in [0.05, 0.1) is 13.0 Å². The van der Waals surface area contributed by atoms with Crippen LogP contribution >= 0.6 is 11.6 Å². The van der Waals surface area contributed by atoms with Crippen molar-refractivity contribution in [1.82, 2.24) is 4.90 Å². The summed E-state index contributed by atoms with van der Waals surface area (Å²) >= 11 is 5.93. The fraction of sp³-hybridized carbons (Fsp3) is 0.500. The summed E-state index contributed by atoms with van der Waals surface area (Å²) in [5.41, 5.74) is 0.998. The summed E-state index contributed by atoms with van der Waals surface area (Å²) in [5, 5.41) is 9.31. The molecule has 0 spiro atoms. The van der Waals surface area contributed by atoms with Gasteiger partial charge in [-0.3, -0.25) is 4.79 Å². The summed E-state index contributed by atoms with van der Waals surface area (Å²) in [6, 6.07) is 5.59. The van der Waals surface area contributed by atoms with Gasteiger partial charge in [-0.05, 0) is 44.2 Å². The zero-order valence-corrected chi connectivity index (χ0v) is 12.1. The number of ether oxygens (including phenoxy) is 1. The van der Waals surface area contributed by atoms with Gasteiger partial charge in [0, 0.05) is 18.1 Å². The molecule has 0 aliphatic heterocycles. The molecule has 0 radical (unpaired) electrons. The lowest BCUT2D eigenvalue weighted by molar-refractivity contribution is -0.137. The number of halogens is 1. The standard InChI is InChI=1S/C14H20ClNO3/c1-11-10-12(4-5-13(11)15)19-9-3-7-16(2)8-6-14(17)18/h4-5,10H,3,6-9H2,1-2H3,(H,17,18). The minimum Gasteiger partial charge on any atom is -0.494 e. The molecule has 19 heavy (non-hydrogen) atoms. The number of aryl methyl sites for hydroxylation is 1. The highest BCUT2D eigenvalue weighted by atomic mass is 35.5. The molecular weight excluding hydrogens is 266 g/mol. The summed E-state index contributed by atoms with van der Waals surface area (Å²) in [6.07, 6.45) is 1.03. The molecule has 0 unspecified atom stereocenters. The molecule has 1 aromatic carbocycles. The Morgan fingerprint density at radius 1 is 1.42 bits per heavy atom. The van der Waals surface area contributed by atoms with Crippen molar-refractivity contribution < 1.29 is 14.6 Å². The van der Waals surface area contributed by atoms with Crippen LogP contribution in [0.15, 0.2) is 18.2 Å². The molecule has 4 nitrogen and oxygen atoms in total. The molecule has 1 rings (SSSR count). The molecule has 0 aromatic heterocycles. The average molecular weight is 286 g/mol. The number of hydrogen-bond donors (Lipinski definition) is 1. The fourth-order valence-corrected chi connectivity index (χ4v) is 1.75. The molecule has 1 N–H and O–H groups in total. The highest BCUT2D eigenvalue weighted by molar-refractivity contribution is 6.31. The molecule has 0 heterocycles. The van der Waals surface area contributed by atoms with E-state index in [-0.39, 0.29) is 6.42 Å². The second-order valence-corrected chi connectivity index (χ2v) is 4.97. The minimum atomic E-state index is -0.764. The summed E-state index contributed by atoms with van der Waals surface area (Å²) < 4.78 is 5.62. The minimum absolute atomic E-state index is 0.174. The number of benzene rings is 1. The molecule has 0 fully saturated rings. The van der Waals surface area contributed by atoms with Gasteiger partial charge >= 0.3 is 5.97 Å². The van der Waals surface area contributed by atoms with Crippen molar-refractivity contribution in [2.75, 3.05) is 26.7 Å². The smallest absolute Gasteiger partial charge is 0.304 e. The molecule has 0 aliphatic carbocycles. The highest BCUT2D eigenvalue weighted by Gasteiger charge is 2.03. The van der Waals surface area contributed by atoms with Crippen molar-refractivity contribution in [3.63, 3.8) is 0 Å². The maximum Gasteiger partial charge on any atom is 0.304 e. The van der Waals surface area contributed by atoms with E-state index < -0.39 is 5.97 Å². The van der Waals surface area contributed by atoms with Crippen molar-refractivity contribution in [2.24, 2.45) is 0 Å². The molecule has 1 aromatic rings. The Hall–Kier alpha value is -1.26. The number of carboxylic acid groups (broad SMARTS) is 1. The Morgan fingerprint density at radius 2 is 2.16 bits per heavy atom. The Balaban J connectivity index is 2.19. The van der Waals surface area contributed by atoms with Crippen LogP contribution in [0, 0.1) is 6.92 Å². The fourth-order valence-electron chi connectivity index (χ4n) is 1.63. The van der Waals surface area contributed by atoms with E-state index in [9.17, 15) is 4.79 Å². The maximum absolute atomic E-state index is 10.4. The van der Waals surface area contributed by atoms with Crippen LogP contribution in [-0.2, 0) is 4.79 Å². The van der Waals surface area contributed by atoms with Crippen molar-refractivity contribution >= 4 is 17.6 Å². The molecule has 0 atom stereocenters. The molecule has 0 bridgehead atoms. The molecule has 0 saturated carbocycles. The van der Waals surface area contributed by atoms with Crippen LogP contribution in [0.25, 0.3) is 0 Å². The first kappa shape index (κ1) is 15.8. The van der Waals surface area contributed by atoms with E-state index >= 15 is 0 Å². The number of rotatable bonds is 8. The zero-order chi connectivity index (χ0) is 14.3. The van der Waals surface area contributed by atoms with Crippen LogP contribution in [0.3, 0.4) is 0 Å². The van der Waals surface area contributed by atoms with Gasteiger partial charge in [-0.2, -0.15) is 0 Å². The average Bonchev–Trinajstić information content (AvgIpc) is 2.36. The lowest BCUT2D eigenvalue weighted by atomic mass is 10.2. The summed E-state index contributed by atoms with van der Waals surface area (Å²) in [7, 11) is 1.91. The molecule has 106 valence electrons. The highest BCUT2D eigenvalue weighted by Crippen LogP contribution is 2.21. The van der Waals surface area contributed by atoms with Crippen LogP contribution < -0.4 is 4.74 Å². The lowest BCUT2D eigenvalue weighted by Gasteiger charge is -2.15. The van der Waals surface area contributed by atoms with Crippen LogP contribution in [0.4, 0.5) is 0 Å². The van der Waals surface area contributed by atoms with Crippen LogP contribution in [0.1, 0.15) is 18.4 Å². The van der Waals surface area contributed by atoms with E-state index in [2.05, 4.69) is 0 Å². The third-order valence-corrected chi connectivity index (χ3v) is 3.21. The third kappa shape index (κ3) is 6.45. The van der Waals surface area contributed by atoms with Gasteiger partial charge in [-0.1, -0.05) is 11.6 Å². The van der Waals surface area contributed by atoms with Gasteiger partial charge in [-0.25, -0.2) is 0 Å². The van der Waals surface area contributed by atoms with Gasteiger partial charge < -0.3 is 14.7 Å². The summed E-state index contributed by atoms with van der Waals surface area (Å²) in [5.74, 6) is 0.0508.